The first-order chi connectivity index (χ1) is 7.58. The van der Waals surface area contributed by atoms with Crippen LogP contribution in [0.4, 0.5) is 0 Å². The molecule has 1 atom stereocenters. The van der Waals surface area contributed by atoms with E-state index in [0.717, 1.165) is 28.6 Å². The van der Waals surface area contributed by atoms with Crippen molar-refractivity contribution >= 4 is 21.8 Å². The van der Waals surface area contributed by atoms with Gasteiger partial charge < -0.3 is 9.64 Å². The summed E-state index contributed by atoms with van der Waals surface area (Å²) in [6.45, 7) is 0. The fourth-order valence-electron chi connectivity index (χ4n) is 1.82. The van der Waals surface area contributed by atoms with Crippen LogP contribution in [0.2, 0.25) is 0 Å². The number of amides is 1. The molecule has 1 heterocycles. The largest absolute Gasteiger partial charge is 0.480 e. The molecule has 1 aromatic carbocycles. The van der Waals surface area contributed by atoms with E-state index in [-0.39, 0.29) is 12.0 Å². The molecule has 1 aliphatic heterocycles. The molecule has 0 aliphatic carbocycles. The van der Waals surface area contributed by atoms with Crippen LogP contribution in [0.3, 0.4) is 0 Å². The highest BCUT2D eigenvalue weighted by molar-refractivity contribution is 9.10. The molecule has 0 saturated carbocycles. The van der Waals surface area contributed by atoms with Gasteiger partial charge in [0.05, 0.1) is 0 Å². The van der Waals surface area contributed by atoms with E-state index in [0.29, 0.717) is 0 Å². The third-order valence-electron chi connectivity index (χ3n) is 2.68. The fourth-order valence-corrected chi connectivity index (χ4v) is 2.23. The van der Waals surface area contributed by atoms with Gasteiger partial charge in [-0.2, -0.15) is 0 Å². The van der Waals surface area contributed by atoms with E-state index in [4.69, 9.17) is 4.74 Å². The SMILES string of the molecule is CN(C)C(=O)C1CCc2cc(Br)ccc2O1. The van der Waals surface area contributed by atoms with E-state index >= 15 is 0 Å². The summed E-state index contributed by atoms with van der Waals surface area (Å²) in [4.78, 5) is 13.3. The van der Waals surface area contributed by atoms with Gasteiger partial charge in [0.2, 0.25) is 0 Å². The quantitative estimate of drug-likeness (QED) is 0.791. The topological polar surface area (TPSA) is 29.5 Å². The van der Waals surface area contributed by atoms with Gasteiger partial charge in [0.25, 0.3) is 5.91 Å². The van der Waals surface area contributed by atoms with Crippen LogP contribution in [0, 0.1) is 0 Å². The maximum absolute atomic E-state index is 11.8. The van der Waals surface area contributed by atoms with Gasteiger partial charge in [0.1, 0.15) is 5.75 Å². The summed E-state index contributed by atoms with van der Waals surface area (Å²) in [6.07, 6.45) is 1.31. The van der Waals surface area contributed by atoms with E-state index in [1.165, 1.54) is 0 Å². The first-order valence-electron chi connectivity index (χ1n) is 5.24. The summed E-state index contributed by atoms with van der Waals surface area (Å²) >= 11 is 3.43. The Balaban J connectivity index is 2.18. The second-order valence-corrected chi connectivity index (χ2v) is 5.05. The summed E-state index contributed by atoms with van der Waals surface area (Å²) in [7, 11) is 3.51. The Morgan fingerprint density at radius 2 is 2.25 bits per heavy atom. The Labute approximate surface area is 104 Å². The molecular weight excluding hydrogens is 270 g/mol. The lowest BCUT2D eigenvalue weighted by Gasteiger charge is -2.27. The summed E-state index contributed by atoms with van der Waals surface area (Å²) in [5, 5.41) is 0. The van der Waals surface area contributed by atoms with Crippen LogP contribution in [0.1, 0.15) is 12.0 Å². The highest BCUT2D eigenvalue weighted by atomic mass is 79.9. The molecule has 1 aromatic rings. The van der Waals surface area contributed by atoms with Crippen LogP contribution in [-0.2, 0) is 11.2 Å². The minimum atomic E-state index is -0.330. The summed E-state index contributed by atoms with van der Waals surface area (Å²) in [5.74, 6) is 0.864. The third-order valence-corrected chi connectivity index (χ3v) is 3.18. The van der Waals surface area contributed by atoms with Gasteiger partial charge in [-0.3, -0.25) is 4.79 Å². The average molecular weight is 284 g/mol. The smallest absolute Gasteiger partial charge is 0.263 e. The predicted octanol–water partition coefficient (Wildman–Crippen LogP) is 2.23. The van der Waals surface area contributed by atoms with E-state index < -0.39 is 0 Å². The molecule has 1 aliphatic rings. The molecule has 86 valence electrons. The monoisotopic (exact) mass is 283 g/mol. The van der Waals surface area contributed by atoms with Crippen molar-refractivity contribution in [1.29, 1.82) is 0 Å². The minimum absolute atomic E-state index is 0.0357. The third kappa shape index (κ3) is 2.21. The number of likely N-dealkylation sites (N-methyl/N-ethyl adjacent to an activating group) is 1. The standard InChI is InChI=1S/C12H14BrNO2/c1-14(2)12(15)11-5-3-8-7-9(13)4-6-10(8)16-11/h4,6-7,11H,3,5H2,1-2H3. The normalized spacial score (nSPS) is 18.6. The molecule has 4 heteroatoms. The molecule has 0 saturated heterocycles. The number of hydrogen-bond donors (Lipinski definition) is 0. The highest BCUT2D eigenvalue weighted by Gasteiger charge is 2.27. The number of fused-ring (bicyclic) bond motifs is 1. The number of nitrogens with zero attached hydrogens (tertiary/aromatic N) is 1. The van der Waals surface area contributed by atoms with E-state index in [1.807, 2.05) is 18.2 Å². The van der Waals surface area contributed by atoms with Crippen LogP contribution in [-0.4, -0.2) is 31.0 Å². The molecule has 0 fully saturated rings. The second-order valence-electron chi connectivity index (χ2n) is 4.13. The number of aryl methyl sites for hydroxylation is 1. The first-order valence-corrected chi connectivity index (χ1v) is 6.03. The predicted molar refractivity (Wildman–Crippen MR) is 65.6 cm³/mol. The number of ether oxygens (including phenoxy) is 1. The lowest BCUT2D eigenvalue weighted by atomic mass is 10.0. The van der Waals surface area contributed by atoms with Crippen molar-refractivity contribution < 1.29 is 9.53 Å². The summed E-state index contributed by atoms with van der Waals surface area (Å²) in [6, 6.07) is 5.89. The van der Waals surface area contributed by atoms with E-state index in [9.17, 15) is 4.79 Å². The Kier molecular flexibility index (Phi) is 3.19. The molecule has 16 heavy (non-hydrogen) atoms. The summed E-state index contributed by atoms with van der Waals surface area (Å²) in [5.41, 5.74) is 1.16. The zero-order valence-electron chi connectivity index (χ0n) is 9.37. The average Bonchev–Trinajstić information content (AvgIpc) is 2.27. The molecule has 0 aromatic heterocycles. The van der Waals surface area contributed by atoms with Gasteiger partial charge in [-0.05, 0) is 36.6 Å². The van der Waals surface area contributed by atoms with Crippen molar-refractivity contribution in [3.63, 3.8) is 0 Å². The second kappa shape index (κ2) is 4.45. The molecule has 3 nitrogen and oxygen atoms in total. The molecule has 1 amide bonds. The van der Waals surface area contributed by atoms with Gasteiger partial charge in [-0.15, -0.1) is 0 Å². The van der Waals surface area contributed by atoms with Crippen LogP contribution in [0.25, 0.3) is 0 Å². The zero-order chi connectivity index (χ0) is 11.7. The lowest BCUT2D eigenvalue weighted by molar-refractivity contribution is -0.136. The number of carbonyl (C=O) groups excluding carboxylic acids is 1. The van der Waals surface area contributed by atoms with Gasteiger partial charge in [0.15, 0.2) is 6.10 Å². The van der Waals surface area contributed by atoms with Gasteiger partial charge >= 0.3 is 0 Å². The Morgan fingerprint density at radius 3 is 2.94 bits per heavy atom. The maximum Gasteiger partial charge on any atom is 0.263 e. The van der Waals surface area contributed by atoms with Crippen molar-refractivity contribution in [3.05, 3.63) is 28.2 Å². The van der Waals surface area contributed by atoms with Crippen molar-refractivity contribution in [2.45, 2.75) is 18.9 Å². The molecule has 0 bridgehead atoms. The Morgan fingerprint density at radius 1 is 1.50 bits per heavy atom. The minimum Gasteiger partial charge on any atom is -0.480 e. The maximum atomic E-state index is 11.8. The molecule has 0 N–H and O–H groups in total. The van der Waals surface area contributed by atoms with E-state index in [1.54, 1.807) is 19.0 Å². The number of hydrogen-bond acceptors (Lipinski definition) is 2. The zero-order valence-corrected chi connectivity index (χ0v) is 11.0. The van der Waals surface area contributed by atoms with Gasteiger partial charge in [0, 0.05) is 18.6 Å². The highest BCUT2D eigenvalue weighted by Crippen LogP contribution is 2.30. The van der Waals surface area contributed by atoms with Gasteiger partial charge in [-0.25, -0.2) is 0 Å². The van der Waals surface area contributed by atoms with Crippen LogP contribution < -0.4 is 4.74 Å². The number of rotatable bonds is 1. The molecule has 1 unspecified atom stereocenters. The van der Waals surface area contributed by atoms with Crippen molar-refractivity contribution in [3.8, 4) is 5.75 Å². The fraction of sp³-hybridized carbons (Fsp3) is 0.417. The molecule has 0 spiro atoms. The lowest BCUT2D eigenvalue weighted by Crippen LogP contribution is -2.39. The number of carbonyl (C=O) groups is 1. The van der Waals surface area contributed by atoms with Crippen molar-refractivity contribution in [2.75, 3.05) is 14.1 Å². The van der Waals surface area contributed by atoms with Gasteiger partial charge in [-0.1, -0.05) is 15.9 Å². The molecular formula is C12H14BrNO2. The van der Waals surface area contributed by atoms with E-state index in [2.05, 4.69) is 15.9 Å². The van der Waals surface area contributed by atoms with Crippen LogP contribution in [0.5, 0.6) is 5.75 Å². The number of benzene rings is 1. The summed E-state index contributed by atoms with van der Waals surface area (Å²) < 4.78 is 6.75. The number of halogens is 1. The molecule has 0 radical (unpaired) electrons. The van der Waals surface area contributed by atoms with Crippen molar-refractivity contribution in [1.82, 2.24) is 4.90 Å². The van der Waals surface area contributed by atoms with Crippen molar-refractivity contribution in [2.24, 2.45) is 0 Å². The van der Waals surface area contributed by atoms with Crippen LogP contribution >= 0.6 is 15.9 Å². The molecule has 2 rings (SSSR count). The first kappa shape index (κ1) is 11.5. The van der Waals surface area contributed by atoms with Crippen LogP contribution in [0.15, 0.2) is 22.7 Å². The Bertz CT molecular complexity index is 417. The Hall–Kier alpha value is -1.03.